The number of hydrogen-bond acceptors (Lipinski definition) is 4. The van der Waals surface area contributed by atoms with Crippen molar-refractivity contribution in [2.24, 2.45) is 0 Å². The lowest BCUT2D eigenvalue weighted by atomic mass is 10.1. The molecule has 6 heteroatoms. The van der Waals surface area contributed by atoms with E-state index in [-0.39, 0.29) is 18.2 Å². The van der Waals surface area contributed by atoms with Gasteiger partial charge < -0.3 is 15.4 Å². The van der Waals surface area contributed by atoms with Crippen molar-refractivity contribution in [1.29, 1.82) is 5.26 Å². The Morgan fingerprint density at radius 2 is 1.70 bits per heavy atom. The van der Waals surface area contributed by atoms with Gasteiger partial charge in [-0.05, 0) is 48.0 Å². The minimum Gasteiger partial charge on any atom is -0.493 e. The van der Waals surface area contributed by atoms with E-state index in [1.807, 2.05) is 36.4 Å². The number of ether oxygens (including phenoxy) is 1. The number of amides is 2. The molecule has 0 unspecified atom stereocenters. The Labute approximate surface area is 175 Å². The first-order chi connectivity index (χ1) is 14.6. The Morgan fingerprint density at radius 1 is 0.933 bits per heavy atom. The van der Waals surface area contributed by atoms with E-state index in [9.17, 15) is 9.59 Å². The number of para-hydroxylation sites is 1. The van der Waals surface area contributed by atoms with Crippen molar-refractivity contribution < 1.29 is 14.3 Å². The molecule has 3 aromatic rings. The topological polar surface area (TPSA) is 91.2 Å². The van der Waals surface area contributed by atoms with Crippen LogP contribution in [0.3, 0.4) is 0 Å². The number of hydrogen-bond donors (Lipinski definition) is 2. The van der Waals surface area contributed by atoms with Gasteiger partial charge in [-0.25, -0.2) is 0 Å². The highest BCUT2D eigenvalue weighted by atomic mass is 16.5. The molecule has 0 radical (unpaired) electrons. The molecule has 2 N–H and O–H groups in total. The number of nitriles is 1. The van der Waals surface area contributed by atoms with Crippen molar-refractivity contribution in [2.45, 2.75) is 13.0 Å². The first kappa shape index (κ1) is 20.6. The zero-order valence-electron chi connectivity index (χ0n) is 16.3. The predicted molar refractivity (Wildman–Crippen MR) is 114 cm³/mol. The average Bonchev–Trinajstić information content (AvgIpc) is 2.79. The van der Waals surface area contributed by atoms with E-state index in [2.05, 4.69) is 10.6 Å². The van der Waals surface area contributed by atoms with Crippen molar-refractivity contribution in [3.05, 3.63) is 95.6 Å². The second kappa shape index (κ2) is 10.4. The average molecular weight is 399 g/mol. The first-order valence-electron chi connectivity index (χ1n) is 9.49. The third-order valence-electron chi connectivity index (χ3n) is 4.30. The molecule has 0 saturated carbocycles. The molecule has 0 atom stereocenters. The minimum absolute atomic E-state index is 0.106. The highest BCUT2D eigenvalue weighted by Crippen LogP contribution is 2.13. The Kier molecular flexibility index (Phi) is 7.17. The minimum atomic E-state index is -0.265. The maximum absolute atomic E-state index is 12.3. The molecule has 0 aromatic heterocycles. The van der Waals surface area contributed by atoms with Crippen molar-refractivity contribution in [3.8, 4) is 11.8 Å². The smallest absolute Gasteiger partial charge is 0.255 e. The van der Waals surface area contributed by atoms with Crippen LogP contribution in [0.5, 0.6) is 5.75 Å². The fraction of sp³-hybridized carbons (Fsp3) is 0.125. The fourth-order valence-corrected chi connectivity index (χ4v) is 2.71. The van der Waals surface area contributed by atoms with E-state index in [1.165, 1.54) is 0 Å². The van der Waals surface area contributed by atoms with Crippen LogP contribution in [0.15, 0.2) is 78.9 Å². The summed E-state index contributed by atoms with van der Waals surface area (Å²) in [7, 11) is 0. The van der Waals surface area contributed by atoms with Crippen LogP contribution in [-0.4, -0.2) is 18.4 Å². The van der Waals surface area contributed by atoms with Gasteiger partial charge in [0.1, 0.15) is 5.75 Å². The van der Waals surface area contributed by atoms with Gasteiger partial charge in [0.15, 0.2) is 0 Å². The van der Waals surface area contributed by atoms with Crippen LogP contribution < -0.4 is 15.4 Å². The third kappa shape index (κ3) is 6.21. The molecule has 0 bridgehead atoms. The molecule has 0 spiro atoms. The van der Waals surface area contributed by atoms with Crippen molar-refractivity contribution >= 4 is 17.5 Å². The Balaban J connectivity index is 1.44. The van der Waals surface area contributed by atoms with Gasteiger partial charge in [0.2, 0.25) is 5.91 Å². The molecule has 0 fully saturated rings. The second-order valence-corrected chi connectivity index (χ2v) is 6.53. The highest BCUT2D eigenvalue weighted by molar-refractivity contribution is 6.04. The van der Waals surface area contributed by atoms with Gasteiger partial charge in [-0.3, -0.25) is 9.59 Å². The lowest BCUT2D eigenvalue weighted by molar-refractivity contribution is -0.121. The first-order valence-corrected chi connectivity index (χ1v) is 9.49. The quantitative estimate of drug-likeness (QED) is 0.601. The lowest BCUT2D eigenvalue weighted by Gasteiger charge is -2.09. The van der Waals surface area contributed by atoms with Gasteiger partial charge >= 0.3 is 0 Å². The van der Waals surface area contributed by atoms with Crippen LogP contribution >= 0.6 is 0 Å². The van der Waals surface area contributed by atoms with Crippen LogP contribution in [0, 0.1) is 11.3 Å². The van der Waals surface area contributed by atoms with Gasteiger partial charge in [0.25, 0.3) is 5.91 Å². The van der Waals surface area contributed by atoms with Crippen molar-refractivity contribution in [1.82, 2.24) is 5.32 Å². The molecular formula is C24H21N3O3. The SMILES string of the molecule is N#Cc1cccc(NC(=O)c2ccc(CNC(=O)CCOc3ccccc3)cc2)c1. The molecule has 0 aliphatic heterocycles. The van der Waals surface area contributed by atoms with Gasteiger partial charge in [-0.2, -0.15) is 5.26 Å². The summed E-state index contributed by atoms with van der Waals surface area (Å²) in [5.74, 6) is 0.363. The molecule has 0 heterocycles. The number of carbonyl (C=O) groups excluding carboxylic acids is 2. The van der Waals surface area contributed by atoms with Crippen LogP contribution in [0.2, 0.25) is 0 Å². The molecule has 3 aromatic carbocycles. The summed E-state index contributed by atoms with van der Waals surface area (Å²) in [6.07, 6.45) is 0.261. The summed E-state index contributed by atoms with van der Waals surface area (Å²) in [6.45, 7) is 0.679. The zero-order chi connectivity index (χ0) is 21.2. The largest absolute Gasteiger partial charge is 0.493 e. The number of carbonyl (C=O) groups is 2. The Morgan fingerprint density at radius 3 is 2.43 bits per heavy atom. The number of anilines is 1. The molecular weight excluding hydrogens is 378 g/mol. The summed E-state index contributed by atoms with van der Waals surface area (Å²) < 4.78 is 5.51. The highest BCUT2D eigenvalue weighted by Gasteiger charge is 2.07. The molecule has 6 nitrogen and oxygen atoms in total. The molecule has 150 valence electrons. The molecule has 0 aliphatic carbocycles. The summed E-state index contributed by atoms with van der Waals surface area (Å²) in [6, 6.07) is 25.1. The van der Waals surface area contributed by atoms with E-state index in [1.54, 1.807) is 48.5 Å². The van der Waals surface area contributed by atoms with Gasteiger partial charge in [0.05, 0.1) is 24.7 Å². The Hall–Kier alpha value is -4.11. The van der Waals surface area contributed by atoms with Crippen LogP contribution in [0.25, 0.3) is 0 Å². The van der Waals surface area contributed by atoms with E-state index < -0.39 is 0 Å². The zero-order valence-corrected chi connectivity index (χ0v) is 16.3. The molecule has 0 saturated heterocycles. The lowest BCUT2D eigenvalue weighted by Crippen LogP contribution is -2.24. The summed E-state index contributed by atoms with van der Waals surface area (Å²) in [5.41, 5.74) is 2.42. The number of nitrogens with zero attached hydrogens (tertiary/aromatic N) is 1. The van der Waals surface area contributed by atoms with Crippen LogP contribution in [0.4, 0.5) is 5.69 Å². The molecule has 30 heavy (non-hydrogen) atoms. The van der Waals surface area contributed by atoms with Crippen LogP contribution in [0.1, 0.15) is 27.9 Å². The van der Waals surface area contributed by atoms with Crippen molar-refractivity contribution in [3.63, 3.8) is 0 Å². The van der Waals surface area contributed by atoms with E-state index in [4.69, 9.17) is 10.00 Å². The maximum Gasteiger partial charge on any atom is 0.255 e. The number of benzene rings is 3. The van der Waals surface area contributed by atoms with E-state index >= 15 is 0 Å². The monoisotopic (exact) mass is 399 g/mol. The second-order valence-electron chi connectivity index (χ2n) is 6.53. The number of rotatable bonds is 8. The number of nitrogens with one attached hydrogen (secondary N) is 2. The summed E-state index contributed by atoms with van der Waals surface area (Å²) in [4.78, 5) is 24.3. The summed E-state index contributed by atoms with van der Waals surface area (Å²) in [5, 5.41) is 14.5. The maximum atomic E-state index is 12.3. The van der Waals surface area contributed by atoms with E-state index in [0.29, 0.717) is 30.0 Å². The normalized spacial score (nSPS) is 9.97. The van der Waals surface area contributed by atoms with Gasteiger partial charge in [0, 0.05) is 17.8 Å². The van der Waals surface area contributed by atoms with Gasteiger partial charge in [-0.15, -0.1) is 0 Å². The van der Waals surface area contributed by atoms with E-state index in [0.717, 1.165) is 11.3 Å². The standard InChI is InChI=1S/C24H21N3O3/c25-16-19-5-4-6-21(15-19)27-24(29)20-11-9-18(10-12-20)17-26-23(28)13-14-30-22-7-2-1-3-8-22/h1-12,15H,13-14,17H2,(H,26,28)(H,27,29). The van der Waals surface area contributed by atoms with Crippen molar-refractivity contribution in [2.75, 3.05) is 11.9 Å². The molecule has 2 amide bonds. The third-order valence-corrected chi connectivity index (χ3v) is 4.30. The van der Waals surface area contributed by atoms with Crippen LogP contribution in [-0.2, 0) is 11.3 Å². The van der Waals surface area contributed by atoms with Gasteiger partial charge in [-0.1, -0.05) is 36.4 Å². The molecule has 0 aliphatic rings. The predicted octanol–water partition coefficient (Wildman–Crippen LogP) is 3.90. The fourth-order valence-electron chi connectivity index (χ4n) is 2.71. The Bertz CT molecular complexity index is 1040. The summed E-state index contributed by atoms with van der Waals surface area (Å²) >= 11 is 0. The molecule has 3 rings (SSSR count).